The number of morpholine rings is 1. The van der Waals surface area contributed by atoms with Crippen LogP contribution in [0.1, 0.15) is 18.9 Å². The van der Waals surface area contributed by atoms with Gasteiger partial charge in [0.15, 0.2) is 0 Å². The van der Waals surface area contributed by atoms with E-state index in [-0.39, 0.29) is 25.0 Å². The van der Waals surface area contributed by atoms with Crippen molar-refractivity contribution >= 4 is 6.47 Å². The second kappa shape index (κ2) is 9.07. The van der Waals surface area contributed by atoms with E-state index >= 15 is 0 Å². The van der Waals surface area contributed by atoms with Crippen LogP contribution in [0, 0.1) is 5.82 Å². The number of aromatic nitrogens is 2. The van der Waals surface area contributed by atoms with Crippen molar-refractivity contribution < 1.29 is 24.1 Å². The van der Waals surface area contributed by atoms with Gasteiger partial charge in [-0.3, -0.25) is 9.69 Å². The lowest BCUT2D eigenvalue weighted by atomic mass is 10.1. The number of halogens is 1. The Hall–Kier alpha value is -2.29. The van der Waals surface area contributed by atoms with Gasteiger partial charge in [0.25, 0.3) is 6.47 Å². The van der Waals surface area contributed by atoms with Crippen molar-refractivity contribution in [2.24, 2.45) is 0 Å². The Labute approximate surface area is 157 Å². The van der Waals surface area contributed by atoms with Crippen LogP contribution in [0.5, 0.6) is 0 Å². The van der Waals surface area contributed by atoms with E-state index in [0.717, 1.165) is 37.5 Å². The number of nitrogens with zero attached hydrogens (tertiary/aromatic N) is 3. The summed E-state index contributed by atoms with van der Waals surface area (Å²) in [6.45, 7) is 2.48. The summed E-state index contributed by atoms with van der Waals surface area (Å²) in [6, 6.07) is 7.26. The van der Waals surface area contributed by atoms with Crippen LogP contribution in [0.25, 0.3) is 11.4 Å². The SMILES string of the molecule is O=CO.OCC[C@H]1CN2C[C@H](n3ccnc3-c3ccc(F)cc3)C[C@H]2CO1. The molecule has 2 N–H and O–H groups in total. The monoisotopic (exact) mass is 377 g/mol. The fourth-order valence-electron chi connectivity index (χ4n) is 3.87. The third-order valence-corrected chi connectivity index (χ3v) is 5.08. The predicted octanol–water partition coefficient (Wildman–Crippen LogP) is 1.79. The number of aliphatic hydroxyl groups is 1. The number of aliphatic hydroxyl groups excluding tert-OH is 1. The Morgan fingerprint density at radius 3 is 2.70 bits per heavy atom. The van der Waals surface area contributed by atoms with Crippen LogP contribution in [0.2, 0.25) is 0 Å². The number of ether oxygens (including phenoxy) is 1. The number of rotatable bonds is 4. The maximum absolute atomic E-state index is 13.2. The molecule has 2 aliphatic rings. The molecule has 27 heavy (non-hydrogen) atoms. The van der Waals surface area contributed by atoms with Crippen LogP contribution in [-0.2, 0) is 9.53 Å². The minimum Gasteiger partial charge on any atom is -0.483 e. The van der Waals surface area contributed by atoms with E-state index in [2.05, 4.69) is 14.5 Å². The van der Waals surface area contributed by atoms with Gasteiger partial charge in [0, 0.05) is 49.7 Å². The van der Waals surface area contributed by atoms with Crippen LogP contribution in [-0.4, -0.2) is 69.6 Å². The van der Waals surface area contributed by atoms with Gasteiger partial charge < -0.3 is 19.5 Å². The van der Waals surface area contributed by atoms with Crippen molar-refractivity contribution in [3.63, 3.8) is 0 Å². The first kappa shape index (κ1) is 19.5. The van der Waals surface area contributed by atoms with Crippen LogP contribution in [0.4, 0.5) is 4.39 Å². The summed E-state index contributed by atoms with van der Waals surface area (Å²) < 4.78 is 21.2. The molecule has 0 bridgehead atoms. The van der Waals surface area contributed by atoms with Crippen molar-refractivity contribution in [3.8, 4) is 11.4 Å². The molecule has 2 aliphatic heterocycles. The minimum absolute atomic E-state index is 0.129. The summed E-state index contributed by atoms with van der Waals surface area (Å²) in [5.41, 5.74) is 0.931. The van der Waals surface area contributed by atoms with Crippen molar-refractivity contribution in [1.29, 1.82) is 0 Å². The van der Waals surface area contributed by atoms with Gasteiger partial charge in [-0.2, -0.15) is 0 Å². The third-order valence-electron chi connectivity index (χ3n) is 5.08. The van der Waals surface area contributed by atoms with Crippen LogP contribution < -0.4 is 0 Å². The van der Waals surface area contributed by atoms with Gasteiger partial charge in [0.2, 0.25) is 0 Å². The van der Waals surface area contributed by atoms with E-state index < -0.39 is 0 Å². The Kier molecular flexibility index (Phi) is 6.54. The second-order valence-electron chi connectivity index (χ2n) is 6.74. The van der Waals surface area contributed by atoms with Crippen molar-refractivity contribution in [1.82, 2.24) is 14.5 Å². The highest BCUT2D eigenvalue weighted by Gasteiger charge is 2.38. The van der Waals surface area contributed by atoms with Crippen molar-refractivity contribution in [3.05, 3.63) is 42.5 Å². The molecule has 2 fully saturated rings. The minimum atomic E-state index is -0.250. The average Bonchev–Trinajstić information content (AvgIpc) is 3.29. The number of carboxylic acid groups (broad SMARTS) is 1. The maximum Gasteiger partial charge on any atom is 0.290 e. The zero-order valence-corrected chi connectivity index (χ0v) is 14.9. The normalized spacial score (nSPS) is 24.7. The van der Waals surface area contributed by atoms with Gasteiger partial charge in [-0.15, -0.1) is 0 Å². The molecule has 0 amide bonds. The maximum atomic E-state index is 13.2. The van der Waals surface area contributed by atoms with Gasteiger partial charge >= 0.3 is 0 Å². The Balaban J connectivity index is 0.000000659. The molecule has 8 heteroatoms. The third kappa shape index (κ3) is 4.52. The van der Waals surface area contributed by atoms with E-state index in [9.17, 15) is 4.39 Å². The number of imidazole rings is 1. The molecule has 4 rings (SSSR count). The topological polar surface area (TPSA) is 87.8 Å². The molecule has 2 aromatic rings. The highest BCUT2D eigenvalue weighted by molar-refractivity contribution is 5.55. The molecule has 1 aromatic heterocycles. The van der Waals surface area contributed by atoms with Gasteiger partial charge in [-0.1, -0.05) is 0 Å². The summed E-state index contributed by atoms with van der Waals surface area (Å²) in [7, 11) is 0. The fourth-order valence-corrected chi connectivity index (χ4v) is 3.87. The highest BCUT2D eigenvalue weighted by atomic mass is 19.1. The number of hydrogen-bond acceptors (Lipinski definition) is 5. The van der Waals surface area contributed by atoms with Gasteiger partial charge in [0.05, 0.1) is 12.7 Å². The molecule has 7 nitrogen and oxygen atoms in total. The molecule has 0 spiro atoms. The number of fused-ring (bicyclic) bond motifs is 1. The number of carbonyl (C=O) groups is 1. The summed E-state index contributed by atoms with van der Waals surface area (Å²) in [4.78, 5) is 15.3. The summed E-state index contributed by atoms with van der Waals surface area (Å²) >= 11 is 0. The summed E-state index contributed by atoms with van der Waals surface area (Å²) in [5, 5.41) is 16.0. The van der Waals surface area contributed by atoms with Crippen LogP contribution >= 0.6 is 0 Å². The molecular weight excluding hydrogens is 353 g/mol. The second-order valence-corrected chi connectivity index (χ2v) is 6.74. The lowest BCUT2D eigenvalue weighted by Crippen LogP contribution is -2.46. The smallest absolute Gasteiger partial charge is 0.290 e. The quantitative estimate of drug-likeness (QED) is 0.790. The Bertz CT molecular complexity index is 737. The summed E-state index contributed by atoms with van der Waals surface area (Å²) in [5.74, 6) is 0.648. The molecule has 146 valence electrons. The largest absolute Gasteiger partial charge is 0.483 e. The van der Waals surface area contributed by atoms with Gasteiger partial charge in [-0.25, -0.2) is 9.37 Å². The van der Waals surface area contributed by atoms with Gasteiger partial charge in [0.1, 0.15) is 11.6 Å². The Morgan fingerprint density at radius 1 is 1.26 bits per heavy atom. The average molecular weight is 377 g/mol. The molecule has 3 atom stereocenters. The molecule has 1 aromatic carbocycles. The lowest BCUT2D eigenvalue weighted by Gasteiger charge is -2.34. The Morgan fingerprint density at radius 2 is 2.00 bits per heavy atom. The molecule has 2 saturated heterocycles. The fraction of sp³-hybridized carbons (Fsp3) is 0.474. The first-order chi connectivity index (χ1) is 13.2. The van der Waals surface area contributed by atoms with E-state index in [1.165, 1.54) is 12.1 Å². The number of benzene rings is 1. The zero-order valence-electron chi connectivity index (χ0n) is 14.9. The lowest BCUT2D eigenvalue weighted by molar-refractivity contribution is -0.122. The van der Waals surface area contributed by atoms with E-state index in [0.29, 0.717) is 18.5 Å². The molecule has 0 saturated carbocycles. The van der Waals surface area contributed by atoms with Gasteiger partial charge in [-0.05, 0) is 37.1 Å². The van der Waals surface area contributed by atoms with Crippen molar-refractivity contribution in [2.45, 2.75) is 31.0 Å². The number of hydrogen-bond donors (Lipinski definition) is 2. The highest BCUT2D eigenvalue weighted by Crippen LogP contribution is 2.33. The zero-order chi connectivity index (χ0) is 19.2. The first-order valence-electron chi connectivity index (χ1n) is 8.99. The van der Waals surface area contributed by atoms with Crippen LogP contribution in [0.3, 0.4) is 0 Å². The predicted molar refractivity (Wildman–Crippen MR) is 96.8 cm³/mol. The first-order valence-corrected chi connectivity index (χ1v) is 8.99. The van der Waals surface area contributed by atoms with Crippen molar-refractivity contribution in [2.75, 3.05) is 26.3 Å². The van der Waals surface area contributed by atoms with E-state index in [4.69, 9.17) is 19.7 Å². The summed E-state index contributed by atoms with van der Waals surface area (Å²) in [6.07, 6.45) is 5.66. The van der Waals surface area contributed by atoms with E-state index in [1.54, 1.807) is 18.3 Å². The molecule has 0 radical (unpaired) electrons. The molecule has 3 heterocycles. The molecule has 0 unspecified atom stereocenters. The van der Waals surface area contributed by atoms with E-state index in [1.807, 2.05) is 6.20 Å². The standard InChI is InChI=1S/C18H22FN3O2.CH2O2/c19-14-3-1-13(2-4-14)18-20-6-7-22(18)15-9-16-12-24-17(5-8-23)11-21(16)10-15;2-1-3/h1-4,6-7,15-17,23H,5,8-12H2;1H,(H,2,3)/t15-,16+,17+;/m1./s1. The molecular formula is C19H24FN3O4. The molecule has 0 aliphatic carbocycles. The van der Waals surface area contributed by atoms with Crippen LogP contribution in [0.15, 0.2) is 36.7 Å².